The molecule has 1 N–H and O–H groups in total. The third kappa shape index (κ3) is 8.60. The number of hydrogen-bond donors (Lipinski definition) is 1. The van der Waals surface area contributed by atoms with Gasteiger partial charge in [0.2, 0.25) is 0 Å². The van der Waals surface area contributed by atoms with Gasteiger partial charge >= 0.3 is 5.97 Å². The van der Waals surface area contributed by atoms with Crippen molar-refractivity contribution in [1.82, 2.24) is 0 Å². The molecule has 0 aromatic heterocycles. The average molecular weight is 284 g/mol. The smallest absolute Gasteiger partial charge is 0.307 e. The van der Waals surface area contributed by atoms with E-state index in [1.807, 2.05) is 6.92 Å². The second-order valence-electron chi connectivity index (χ2n) is 6.87. The molecule has 20 heavy (non-hydrogen) atoms. The van der Waals surface area contributed by atoms with Gasteiger partial charge in [-0.3, -0.25) is 4.79 Å². The summed E-state index contributed by atoms with van der Waals surface area (Å²) in [4.78, 5) is 11.2. The van der Waals surface area contributed by atoms with E-state index >= 15 is 0 Å². The highest BCUT2D eigenvalue weighted by Gasteiger charge is 2.32. The molecule has 0 aliphatic heterocycles. The van der Waals surface area contributed by atoms with Gasteiger partial charge in [0.05, 0.1) is 5.92 Å². The van der Waals surface area contributed by atoms with Crippen molar-refractivity contribution in [2.24, 2.45) is 11.3 Å². The molecule has 2 nitrogen and oxygen atoms in total. The van der Waals surface area contributed by atoms with Crippen LogP contribution in [0.5, 0.6) is 0 Å². The Morgan fingerprint density at radius 3 is 1.75 bits per heavy atom. The average Bonchev–Trinajstić information content (AvgIpc) is 2.36. The minimum Gasteiger partial charge on any atom is -0.481 e. The van der Waals surface area contributed by atoms with Gasteiger partial charge < -0.3 is 5.11 Å². The lowest BCUT2D eigenvalue weighted by atomic mass is 9.74. The molecule has 0 aromatic carbocycles. The fourth-order valence-corrected chi connectivity index (χ4v) is 3.13. The van der Waals surface area contributed by atoms with Gasteiger partial charge in [0.15, 0.2) is 0 Å². The summed E-state index contributed by atoms with van der Waals surface area (Å²) in [5, 5.41) is 9.25. The summed E-state index contributed by atoms with van der Waals surface area (Å²) in [6, 6.07) is 0. The zero-order valence-corrected chi connectivity index (χ0v) is 14.2. The maximum Gasteiger partial charge on any atom is 0.307 e. The highest BCUT2D eigenvalue weighted by atomic mass is 16.4. The van der Waals surface area contributed by atoms with Crippen LogP contribution in [-0.4, -0.2) is 11.1 Å². The van der Waals surface area contributed by atoms with E-state index in [-0.39, 0.29) is 11.3 Å². The Morgan fingerprint density at radius 1 is 0.900 bits per heavy atom. The third-order valence-electron chi connectivity index (χ3n) is 4.57. The fourth-order valence-electron chi connectivity index (χ4n) is 3.13. The molecule has 0 aromatic rings. The Bertz CT molecular complexity index is 246. The van der Waals surface area contributed by atoms with E-state index < -0.39 is 5.97 Å². The van der Waals surface area contributed by atoms with Crippen molar-refractivity contribution in [1.29, 1.82) is 0 Å². The number of hydrogen-bond acceptors (Lipinski definition) is 1. The van der Waals surface area contributed by atoms with Crippen LogP contribution in [-0.2, 0) is 4.79 Å². The van der Waals surface area contributed by atoms with Crippen LogP contribution in [0.2, 0.25) is 0 Å². The van der Waals surface area contributed by atoms with Crippen molar-refractivity contribution in [2.45, 2.75) is 98.3 Å². The Kier molecular flexibility index (Phi) is 10.9. The predicted octanol–water partition coefficient (Wildman–Crippen LogP) is 6.04. The van der Waals surface area contributed by atoms with Gasteiger partial charge in [-0.1, -0.05) is 85.5 Å². The van der Waals surface area contributed by atoms with Gasteiger partial charge in [0.1, 0.15) is 0 Å². The molecule has 0 saturated carbocycles. The van der Waals surface area contributed by atoms with Crippen molar-refractivity contribution in [3.63, 3.8) is 0 Å². The van der Waals surface area contributed by atoms with Crippen LogP contribution >= 0.6 is 0 Å². The van der Waals surface area contributed by atoms with Gasteiger partial charge in [-0.15, -0.1) is 0 Å². The molecule has 120 valence electrons. The van der Waals surface area contributed by atoms with E-state index in [0.29, 0.717) is 0 Å². The van der Waals surface area contributed by atoms with Crippen molar-refractivity contribution < 1.29 is 9.90 Å². The van der Waals surface area contributed by atoms with Crippen LogP contribution in [0.25, 0.3) is 0 Å². The SMILES string of the molecule is CCCCCCCCCCCC(C)(C)C(CC)C(=O)O. The topological polar surface area (TPSA) is 37.3 Å². The summed E-state index contributed by atoms with van der Waals surface area (Å²) in [5.74, 6) is -0.829. The van der Waals surface area contributed by atoms with E-state index in [4.69, 9.17) is 0 Å². The first-order chi connectivity index (χ1) is 9.45. The minimum absolute atomic E-state index is 0.0677. The molecule has 0 aliphatic carbocycles. The monoisotopic (exact) mass is 284 g/mol. The summed E-state index contributed by atoms with van der Waals surface area (Å²) < 4.78 is 0. The summed E-state index contributed by atoms with van der Waals surface area (Å²) in [6.45, 7) is 8.46. The first kappa shape index (κ1) is 19.5. The van der Waals surface area contributed by atoms with Crippen molar-refractivity contribution in [3.8, 4) is 0 Å². The van der Waals surface area contributed by atoms with Gasteiger partial charge in [-0.25, -0.2) is 0 Å². The van der Waals surface area contributed by atoms with Crippen molar-refractivity contribution >= 4 is 5.97 Å². The normalized spacial score (nSPS) is 13.4. The molecule has 0 heterocycles. The van der Waals surface area contributed by atoms with E-state index in [1.165, 1.54) is 57.8 Å². The van der Waals surface area contributed by atoms with Crippen molar-refractivity contribution in [2.75, 3.05) is 0 Å². The van der Waals surface area contributed by atoms with Crippen LogP contribution in [0, 0.1) is 11.3 Å². The van der Waals surface area contributed by atoms with E-state index in [0.717, 1.165) is 12.8 Å². The molecule has 0 rings (SSSR count). The molecule has 0 radical (unpaired) electrons. The van der Waals surface area contributed by atoms with Crippen molar-refractivity contribution in [3.05, 3.63) is 0 Å². The molecule has 0 fully saturated rings. The zero-order chi connectivity index (χ0) is 15.4. The zero-order valence-electron chi connectivity index (χ0n) is 14.2. The maximum atomic E-state index is 11.2. The molecule has 0 spiro atoms. The second-order valence-corrected chi connectivity index (χ2v) is 6.87. The van der Waals surface area contributed by atoms with Gasteiger partial charge in [0, 0.05) is 0 Å². The van der Waals surface area contributed by atoms with Crippen LogP contribution in [0.1, 0.15) is 98.3 Å². The maximum absolute atomic E-state index is 11.2. The predicted molar refractivity (Wildman–Crippen MR) is 87.0 cm³/mol. The number of carboxylic acids is 1. The van der Waals surface area contributed by atoms with Crippen LogP contribution in [0.15, 0.2) is 0 Å². The van der Waals surface area contributed by atoms with Gasteiger partial charge in [-0.05, 0) is 18.3 Å². The lowest BCUT2D eigenvalue weighted by Gasteiger charge is -2.30. The second kappa shape index (κ2) is 11.2. The Labute approximate surface area is 126 Å². The fraction of sp³-hybridized carbons (Fsp3) is 0.944. The number of aliphatic carboxylic acids is 1. The summed E-state index contributed by atoms with van der Waals surface area (Å²) in [6.07, 6.45) is 13.7. The Balaban J connectivity index is 3.65. The van der Waals surface area contributed by atoms with E-state index in [9.17, 15) is 9.90 Å². The molecule has 2 heteroatoms. The Morgan fingerprint density at radius 2 is 1.35 bits per heavy atom. The van der Waals surface area contributed by atoms with Gasteiger partial charge in [-0.2, -0.15) is 0 Å². The van der Waals surface area contributed by atoms with Crippen LogP contribution in [0.4, 0.5) is 0 Å². The summed E-state index contributed by atoms with van der Waals surface area (Å²) in [5.41, 5.74) is -0.0677. The molecule has 0 bridgehead atoms. The first-order valence-electron chi connectivity index (χ1n) is 8.68. The Hall–Kier alpha value is -0.530. The summed E-state index contributed by atoms with van der Waals surface area (Å²) in [7, 11) is 0. The van der Waals surface area contributed by atoms with E-state index in [2.05, 4.69) is 20.8 Å². The molecule has 1 atom stereocenters. The number of carbonyl (C=O) groups is 1. The molecule has 0 amide bonds. The molecular weight excluding hydrogens is 248 g/mol. The standard InChI is InChI=1S/C18H36O2/c1-5-7-8-9-10-11-12-13-14-15-18(3,4)16(6-2)17(19)20/h16H,5-15H2,1-4H3,(H,19,20). The van der Waals surface area contributed by atoms with Crippen LogP contribution in [0.3, 0.4) is 0 Å². The minimum atomic E-state index is -0.631. The molecular formula is C18H36O2. The molecule has 1 unspecified atom stereocenters. The quantitative estimate of drug-likeness (QED) is 0.418. The van der Waals surface area contributed by atoms with Crippen LogP contribution < -0.4 is 0 Å². The third-order valence-corrected chi connectivity index (χ3v) is 4.57. The number of unbranched alkanes of at least 4 members (excludes halogenated alkanes) is 8. The highest BCUT2D eigenvalue weighted by molar-refractivity contribution is 5.70. The first-order valence-corrected chi connectivity index (χ1v) is 8.68. The van der Waals surface area contributed by atoms with E-state index in [1.54, 1.807) is 0 Å². The summed E-state index contributed by atoms with van der Waals surface area (Å²) >= 11 is 0. The highest BCUT2D eigenvalue weighted by Crippen LogP contribution is 2.35. The lowest BCUT2D eigenvalue weighted by Crippen LogP contribution is -2.30. The van der Waals surface area contributed by atoms with Gasteiger partial charge in [0.25, 0.3) is 0 Å². The molecule has 0 saturated heterocycles. The lowest BCUT2D eigenvalue weighted by molar-refractivity contribution is -0.146. The number of carboxylic acid groups (broad SMARTS) is 1. The largest absolute Gasteiger partial charge is 0.481 e. The number of rotatable bonds is 13. The molecule has 0 aliphatic rings.